The van der Waals surface area contributed by atoms with Crippen molar-refractivity contribution < 1.29 is 0 Å². The van der Waals surface area contributed by atoms with Crippen molar-refractivity contribution in [2.75, 3.05) is 0 Å². The second kappa shape index (κ2) is 6.24. The van der Waals surface area contributed by atoms with Crippen LogP contribution in [0.1, 0.15) is 52.0 Å². The summed E-state index contributed by atoms with van der Waals surface area (Å²) in [6.07, 6.45) is 7.96. The highest BCUT2D eigenvalue weighted by atomic mass is 32.2. The molecular formula is C13H20N4S. The average Bonchev–Trinajstić information content (AvgIpc) is 2.85. The van der Waals surface area contributed by atoms with E-state index in [0.29, 0.717) is 12.0 Å². The number of rotatable bonds is 4. The molecule has 1 unspecified atom stereocenters. The molecular weight excluding hydrogens is 244 g/mol. The molecule has 5 heteroatoms. The van der Waals surface area contributed by atoms with E-state index in [1.54, 1.807) is 18.1 Å². The largest absolute Gasteiger partial charge is 0.306 e. The van der Waals surface area contributed by atoms with Gasteiger partial charge in [0.2, 0.25) is 0 Å². The number of aromatic nitrogens is 3. The van der Waals surface area contributed by atoms with Crippen LogP contribution in [0.25, 0.3) is 0 Å². The van der Waals surface area contributed by atoms with E-state index >= 15 is 0 Å². The molecule has 1 aromatic rings. The number of hydrogen-bond donors (Lipinski definition) is 0. The minimum Gasteiger partial charge on any atom is -0.306 e. The first-order valence-corrected chi connectivity index (χ1v) is 7.56. The zero-order chi connectivity index (χ0) is 13.0. The van der Waals surface area contributed by atoms with Crippen molar-refractivity contribution in [2.24, 2.45) is 5.92 Å². The van der Waals surface area contributed by atoms with Gasteiger partial charge in [-0.15, -0.1) is 10.2 Å². The summed E-state index contributed by atoms with van der Waals surface area (Å²) in [5.41, 5.74) is 0. The zero-order valence-electron chi connectivity index (χ0n) is 11.0. The number of hydrogen-bond acceptors (Lipinski definition) is 4. The van der Waals surface area contributed by atoms with E-state index in [9.17, 15) is 5.26 Å². The lowest BCUT2D eigenvalue weighted by Crippen LogP contribution is -2.19. The Morgan fingerprint density at radius 3 is 2.72 bits per heavy atom. The predicted molar refractivity (Wildman–Crippen MR) is 72.2 cm³/mol. The highest BCUT2D eigenvalue weighted by Crippen LogP contribution is 2.35. The van der Waals surface area contributed by atoms with E-state index in [4.69, 9.17) is 0 Å². The fourth-order valence-corrected chi connectivity index (χ4v) is 3.67. The van der Waals surface area contributed by atoms with Gasteiger partial charge in [-0.1, -0.05) is 31.0 Å². The van der Waals surface area contributed by atoms with Gasteiger partial charge in [0.1, 0.15) is 11.6 Å². The van der Waals surface area contributed by atoms with Gasteiger partial charge in [0, 0.05) is 6.04 Å². The van der Waals surface area contributed by atoms with E-state index in [0.717, 1.165) is 5.16 Å². The number of nitrogens with zero attached hydrogens (tertiary/aromatic N) is 4. The van der Waals surface area contributed by atoms with Crippen LogP contribution < -0.4 is 0 Å². The first-order chi connectivity index (χ1) is 8.72. The fourth-order valence-electron chi connectivity index (χ4n) is 2.45. The van der Waals surface area contributed by atoms with Crippen LogP contribution in [0, 0.1) is 17.2 Å². The van der Waals surface area contributed by atoms with Crippen LogP contribution in [0.5, 0.6) is 0 Å². The molecule has 0 radical (unpaired) electrons. The summed E-state index contributed by atoms with van der Waals surface area (Å²) in [6, 6.07) is 2.80. The van der Waals surface area contributed by atoms with Crippen molar-refractivity contribution in [3.63, 3.8) is 0 Å². The van der Waals surface area contributed by atoms with Gasteiger partial charge in [0.15, 0.2) is 5.16 Å². The summed E-state index contributed by atoms with van der Waals surface area (Å²) in [6.45, 7) is 4.21. The van der Waals surface area contributed by atoms with Crippen molar-refractivity contribution in [2.45, 2.75) is 62.4 Å². The van der Waals surface area contributed by atoms with Gasteiger partial charge in [-0.3, -0.25) is 0 Å². The van der Waals surface area contributed by atoms with Gasteiger partial charge in [0.05, 0.1) is 6.07 Å². The zero-order valence-corrected chi connectivity index (χ0v) is 11.9. The number of nitriles is 1. The molecule has 98 valence electrons. The van der Waals surface area contributed by atoms with Crippen LogP contribution in [-0.4, -0.2) is 20.0 Å². The molecule has 0 saturated heterocycles. The van der Waals surface area contributed by atoms with Crippen LogP contribution in [0.15, 0.2) is 11.5 Å². The molecule has 0 N–H and O–H groups in total. The first kappa shape index (κ1) is 13.4. The van der Waals surface area contributed by atoms with E-state index in [2.05, 4.69) is 30.1 Å². The molecule has 0 amide bonds. The Morgan fingerprint density at radius 2 is 2.11 bits per heavy atom. The summed E-state index contributed by atoms with van der Waals surface area (Å²) in [4.78, 5) is 0. The second-order valence-electron chi connectivity index (χ2n) is 5.18. The standard InChI is InChI=1S/C13H20N4S/c1-10(2)17-9-15-16-13(17)18-12(8-14)11-6-4-3-5-7-11/h9-12H,3-7H2,1-2H3. The van der Waals surface area contributed by atoms with Crippen LogP contribution in [0.2, 0.25) is 0 Å². The molecule has 2 rings (SSSR count). The summed E-state index contributed by atoms with van der Waals surface area (Å²) >= 11 is 1.59. The van der Waals surface area contributed by atoms with E-state index in [-0.39, 0.29) is 5.25 Å². The smallest absolute Gasteiger partial charge is 0.192 e. The molecule has 4 nitrogen and oxygen atoms in total. The van der Waals surface area contributed by atoms with Crippen molar-refractivity contribution in [1.29, 1.82) is 5.26 Å². The van der Waals surface area contributed by atoms with Gasteiger partial charge < -0.3 is 4.57 Å². The Balaban J connectivity index is 2.05. The molecule has 1 fully saturated rings. The van der Waals surface area contributed by atoms with Gasteiger partial charge in [0.25, 0.3) is 0 Å². The Morgan fingerprint density at radius 1 is 1.39 bits per heavy atom. The first-order valence-electron chi connectivity index (χ1n) is 6.68. The predicted octanol–water partition coefficient (Wildman–Crippen LogP) is 3.42. The van der Waals surface area contributed by atoms with Crippen LogP contribution in [0.4, 0.5) is 0 Å². The van der Waals surface area contributed by atoms with Crippen molar-refractivity contribution in [1.82, 2.24) is 14.8 Å². The Bertz CT molecular complexity index is 415. The lowest BCUT2D eigenvalue weighted by Gasteiger charge is -2.25. The maximum atomic E-state index is 9.38. The summed E-state index contributed by atoms with van der Waals surface area (Å²) in [7, 11) is 0. The molecule has 0 spiro atoms. The van der Waals surface area contributed by atoms with Gasteiger partial charge in [-0.25, -0.2) is 0 Å². The van der Waals surface area contributed by atoms with Gasteiger partial charge in [-0.05, 0) is 32.6 Å². The third kappa shape index (κ3) is 3.05. The van der Waals surface area contributed by atoms with E-state index in [1.165, 1.54) is 32.1 Å². The lowest BCUT2D eigenvalue weighted by atomic mass is 9.87. The molecule has 1 heterocycles. The highest BCUT2D eigenvalue weighted by Gasteiger charge is 2.26. The van der Waals surface area contributed by atoms with Crippen LogP contribution in [0.3, 0.4) is 0 Å². The molecule has 0 aliphatic heterocycles. The topological polar surface area (TPSA) is 54.5 Å². The Hall–Kier alpha value is -1.02. The fraction of sp³-hybridized carbons (Fsp3) is 0.769. The molecule has 1 atom stereocenters. The molecule has 1 saturated carbocycles. The third-order valence-corrected chi connectivity index (χ3v) is 4.78. The Labute approximate surface area is 113 Å². The molecule has 1 aliphatic rings. The number of thioether (sulfide) groups is 1. The van der Waals surface area contributed by atoms with Crippen molar-refractivity contribution >= 4 is 11.8 Å². The summed E-state index contributed by atoms with van der Waals surface area (Å²) in [5, 5.41) is 18.4. The van der Waals surface area contributed by atoms with Crippen LogP contribution >= 0.6 is 11.8 Å². The minimum absolute atomic E-state index is 0.0204. The van der Waals surface area contributed by atoms with E-state index < -0.39 is 0 Å². The molecule has 0 bridgehead atoms. The highest BCUT2D eigenvalue weighted by molar-refractivity contribution is 8.00. The third-order valence-electron chi connectivity index (χ3n) is 3.53. The molecule has 1 aliphatic carbocycles. The monoisotopic (exact) mass is 264 g/mol. The van der Waals surface area contributed by atoms with Crippen LogP contribution in [-0.2, 0) is 0 Å². The SMILES string of the molecule is CC(C)n1cnnc1SC(C#N)C1CCCCC1. The lowest BCUT2D eigenvalue weighted by molar-refractivity contribution is 0.369. The summed E-state index contributed by atoms with van der Waals surface area (Å²) in [5.74, 6) is 0.520. The van der Waals surface area contributed by atoms with Crippen molar-refractivity contribution in [3.8, 4) is 6.07 Å². The molecule has 0 aromatic carbocycles. The maximum absolute atomic E-state index is 9.38. The van der Waals surface area contributed by atoms with Gasteiger partial charge >= 0.3 is 0 Å². The normalized spacial score (nSPS) is 18.8. The average molecular weight is 264 g/mol. The second-order valence-corrected chi connectivity index (χ2v) is 6.29. The van der Waals surface area contributed by atoms with Crippen molar-refractivity contribution in [3.05, 3.63) is 6.33 Å². The summed E-state index contributed by atoms with van der Waals surface area (Å²) < 4.78 is 2.04. The molecule has 18 heavy (non-hydrogen) atoms. The minimum atomic E-state index is 0.0204. The van der Waals surface area contributed by atoms with E-state index in [1.807, 2.05) is 4.57 Å². The quantitative estimate of drug-likeness (QED) is 0.782. The molecule has 1 aromatic heterocycles. The Kier molecular flexibility index (Phi) is 4.65. The van der Waals surface area contributed by atoms with Gasteiger partial charge in [-0.2, -0.15) is 5.26 Å². The maximum Gasteiger partial charge on any atom is 0.192 e.